The van der Waals surface area contributed by atoms with Gasteiger partial charge in [-0.1, -0.05) is 55.8 Å². The number of benzene rings is 2. The lowest BCUT2D eigenvalue weighted by Gasteiger charge is -2.08. The highest BCUT2D eigenvalue weighted by Gasteiger charge is 2.16. The van der Waals surface area contributed by atoms with E-state index in [9.17, 15) is 14.4 Å². The zero-order chi connectivity index (χ0) is 20.7. The normalized spacial score (nSPS) is 11.4. The van der Waals surface area contributed by atoms with Crippen LogP contribution in [0.4, 0.5) is 0 Å². The van der Waals surface area contributed by atoms with E-state index in [0.29, 0.717) is 12.0 Å². The van der Waals surface area contributed by atoms with Crippen molar-refractivity contribution >= 4 is 23.4 Å². The van der Waals surface area contributed by atoms with E-state index in [4.69, 9.17) is 0 Å². The maximum Gasteiger partial charge on any atom is 0.170 e. The predicted octanol–water partition coefficient (Wildman–Crippen LogP) is 5.46. The molecule has 0 fully saturated rings. The van der Waals surface area contributed by atoms with Crippen molar-refractivity contribution < 1.29 is 14.4 Å². The monoisotopic (exact) mass is 376 g/mol. The molecule has 2 aromatic rings. The molecule has 2 aromatic carbocycles. The number of ketones is 3. The van der Waals surface area contributed by atoms with Crippen molar-refractivity contribution in [3.63, 3.8) is 0 Å². The van der Waals surface area contributed by atoms with E-state index in [2.05, 4.69) is 6.92 Å². The molecule has 0 amide bonds. The Bertz CT molecular complexity index is 902. The van der Waals surface area contributed by atoms with Crippen molar-refractivity contribution in [2.75, 3.05) is 0 Å². The number of rotatable bonds is 9. The van der Waals surface area contributed by atoms with E-state index in [1.807, 2.05) is 32.0 Å². The number of unbranched alkanes of at least 4 members (excludes halogenated alkanes) is 1. The average molecular weight is 376 g/mol. The third kappa shape index (κ3) is 5.59. The summed E-state index contributed by atoms with van der Waals surface area (Å²) in [6.07, 6.45) is 4.24. The molecule has 3 heteroatoms. The van der Waals surface area contributed by atoms with Crippen molar-refractivity contribution in [1.29, 1.82) is 0 Å². The summed E-state index contributed by atoms with van der Waals surface area (Å²) >= 11 is 0. The van der Waals surface area contributed by atoms with Gasteiger partial charge in [0.2, 0.25) is 0 Å². The molecule has 2 rings (SSSR count). The van der Waals surface area contributed by atoms with Gasteiger partial charge < -0.3 is 0 Å². The molecule has 0 aliphatic carbocycles. The van der Waals surface area contributed by atoms with Gasteiger partial charge in [0.1, 0.15) is 0 Å². The fourth-order valence-corrected chi connectivity index (χ4v) is 3.03. The summed E-state index contributed by atoms with van der Waals surface area (Å²) in [6, 6.07) is 13.0. The number of hydrogen-bond acceptors (Lipinski definition) is 3. The molecule has 0 atom stereocenters. The molecule has 0 N–H and O–H groups in total. The number of carbonyl (C=O) groups is 3. The van der Waals surface area contributed by atoms with Crippen LogP contribution in [0, 0.1) is 13.8 Å². The van der Waals surface area contributed by atoms with Crippen LogP contribution in [-0.2, 0) is 16.0 Å². The molecule has 0 aromatic heterocycles. The first kappa shape index (κ1) is 21.5. The van der Waals surface area contributed by atoms with E-state index < -0.39 is 0 Å². The molecule has 146 valence electrons. The summed E-state index contributed by atoms with van der Waals surface area (Å²) in [6.45, 7) is 7.47. The van der Waals surface area contributed by atoms with Crippen molar-refractivity contribution in [2.45, 2.75) is 53.4 Å². The van der Waals surface area contributed by atoms with Crippen LogP contribution in [0.2, 0.25) is 0 Å². The molecule has 0 heterocycles. The summed E-state index contributed by atoms with van der Waals surface area (Å²) in [5.41, 5.74) is 4.73. The molecule has 3 nitrogen and oxygen atoms in total. The first-order valence-corrected chi connectivity index (χ1v) is 9.77. The lowest BCUT2D eigenvalue weighted by atomic mass is 9.95. The summed E-state index contributed by atoms with van der Waals surface area (Å²) in [7, 11) is 0. The summed E-state index contributed by atoms with van der Waals surface area (Å²) in [5, 5.41) is 0. The molecule has 0 unspecified atom stereocenters. The Morgan fingerprint density at radius 2 is 1.64 bits per heavy atom. The van der Waals surface area contributed by atoms with Crippen LogP contribution in [0.1, 0.15) is 65.7 Å². The molecular formula is C25H28O3. The van der Waals surface area contributed by atoms with Crippen molar-refractivity contribution in [1.82, 2.24) is 0 Å². The lowest BCUT2D eigenvalue weighted by molar-refractivity contribution is -0.119. The van der Waals surface area contributed by atoms with Crippen molar-refractivity contribution in [2.24, 2.45) is 0 Å². The lowest BCUT2D eigenvalue weighted by Crippen LogP contribution is -2.13. The number of carbonyl (C=O) groups excluding carboxylic acids is 3. The minimum Gasteiger partial charge on any atom is -0.294 e. The van der Waals surface area contributed by atoms with Gasteiger partial charge in [-0.3, -0.25) is 14.4 Å². The summed E-state index contributed by atoms with van der Waals surface area (Å²) in [5.74, 6) is -0.324. The van der Waals surface area contributed by atoms with Crippen LogP contribution in [0.3, 0.4) is 0 Å². The minimum absolute atomic E-state index is 0.124. The Kier molecular flexibility index (Phi) is 7.62. The van der Waals surface area contributed by atoms with Crippen LogP contribution >= 0.6 is 0 Å². The van der Waals surface area contributed by atoms with Gasteiger partial charge in [-0.25, -0.2) is 0 Å². The predicted molar refractivity (Wildman–Crippen MR) is 114 cm³/mol. The number of hydrogen-bond donors (Lipinski definition) is 0. The zero-order valence-corrected chi connectivity index (χ0v) is 17.2. The number of Topliss-reactive ketones (excluding diaryl/α,β-unsaturated/α-hetero) is 3. The van der Waals surface area contributed by atoms with Gasteiger partial charge in [0.05, 0.1) is 5.57 Å². The molecular weight excluding hydrogens is 348 g/mol. The zero-order valence-electron chi connectivity index (χ0n) is 17.2. The first-order valence-electron chi connectivity index (χ1n) is 9.77. The van der Waals surface area contributed by atoms with Gasteiger partial charge in [-0.2, -0.15) is 0 Å². The average Bonchev–Trinajstić information content (AvgIpc) is 2.67. The van der Waals surface area contributed by atoms with Gasteiger partial charge in [0, 0.05) is 18.4 Å². The van der Waals surface area contributed by atoms with Crippen LogP contribution in [0.5, 0.6) is 0 Å². The molecule has 0 bridgehead atoms. The second-order valence-electron chi connectivity index (χ2n) is 7.23. The van der Waals surface area contributed by atoms with Gasteiger partial charge in [0.15, 0.2) is 17.3 Å². The fraction of sp³-hybridized carbons (Fsp3) is 0.320. The second-order valence-corrected chi connectivity index (χ2v) is 7.23. The molecule has 0 saturated carbocycles. The third-order valence-corrected chi connectivity index (χ3v) is 5.02. The minimum atomic E-state index is -0.239. The fourth-order valence-electron chi connectivity index (χ4n) is 3.03. The highest BCUT2D eigenvalue weighted by atomic mass is 16.1. The highest BCUT2D eigenvalue weighted by molar-refractivity contribution is 6.23. The summed E-state index contributed by atoms with van der Waals surface area (Å²) < 4.78 is 0. The Labute approximate surface area is 167 Å². The van der Waals surface area contributed by atoms with Crippen LogP contribution < -0.4 is 0 Å². The van der Waals surface area contributed by atoms with E-state index in [1.165, 1.54) is 6.92 Å². The van der Waals surface area contributed by atoms with E-state index >= 15 is 0 Å². The molecule has 28 heavy (non-hydrogen) atoms. The number of aryl methyl sites for hydroxylation is 1. The molecule has 0 spiro atoms. The third-order valence-electron chi connectivity index (χ3n) is 5.02. The van der Waals surface area contributed by atoms with Gasteiger partial charge >= 0.3 is 0 Å². The standard InChI is InChI=1S/C25H28O3/c1-5-6-10-24(27)21-13-11-20(12-14-21)15-25(28)23(19(4)26)16-22-9-7-8-17(2)18(22)3/h7-9,11-14,16H,5-6,10,15H2,1-4H3/b23-16+. The first-order chi connectivity index (χ1) is 13.3. The van der Waals surface area contributed by atoms with Crippen LogP contribution in [0.25, 0.3) is 6.08 Å². The number of allylic oxidation sites excluding steroid dienone is 1. The quantitative estimate of drug-likeness (QED) is 0.253. The molecule has 0 aliphatic heterocycles. The van der Waals surface area contributed by atoms with Gasteiger partial charge in [-0.05, 0) is 55.5 Å². The maximum absolute atomic E-state index is 12.8. The smallest absolute Gasteiger partial charge is 0.170 e. The Balaban J connectivity index is 2.19. The summed E-state index contributed by atoms with van der Waals surface area (Å²) in [4.78, 5) is 36.9. The highest BCUT2D eigenvalue weighted by Crippen LogP contribution is 2.18. The van der Waals surface area contributed by atoms with E-state index in [1.54, 1.807) is 30.3 Å². The Morgan fingerprint density at radius 1 is 0.964 bits per heavy atom. The molecule has 0 radical (unpaired) electrons. The van der Waals surface area contributed by atoms with E-state index in [0.717, 1.165) is 35.1 Å². The van der Waals surface area contributed by atoms with Crippen molar-refractivity contribution in [3.8, 4) is 0 Å². The maximum atomic E-state index is 12.8. The largest absolute Gasteiger partial charge is 0.294 e. The van der Waals surface area contributed by atoms with Gasteiger partial charge in [-0.15, -0.1) is 0 Å². The Morgan fingerprint density at radius 3 is 2.25 bits per heavy atom. The van der Waals surface area contributed by atoms with Crippen LogP contribution in [-0.4, -0.2) is 17.3 Å². The molecule has 0 saturated heterocycles. The van der Waals surface area contributed by atoms with E-state index in [-0.39, 0.29) is 29.3 Å². The van der Waals surface area contributed by atoms with Crippen molar-refractivity contribution in [3.05, 3.63) is 75.9 Å². The van der Waals surface area contributed by atoms with Crippen LogP contribution in [0.15, 0.2) is 48.0 Å². The topological polar surface area (TPSA) is 51.2 Å². The van der Waals surface area contributed by atoms with Gasteiger partial charge in [0.25, 0.3) is 0 Å². The Hall–Kier alpha value is -2.81. The molecule has 0 aliphatic rings. The second kappa shape index (κ2) is 9.93. The SMILES string of the molecule is CCCCC(=O)c1ccc(CC(=O)/C(=C/c2cccc(C)c2C)C(C)=O)cc1.